The monoisotopic (exact) mass is 414 g/mol. The van der Waals surface area contributed by atoms with Crippen molar-refractivity contribution in [3.8, 4) is 5.75 Å². The molecular weight excluding hydrogens is 384 g/mol. The Kier molecular flexibility index (Phi) is 9.76. The van der Waals surface area contributed by atoms with Gasteiger partial charge >= 0.3 is 0 Å². The fourth-order valence-corrected chi connectivity index (χ4v) is 3.99. The lowest BCUT2D eigenvalue weighted by Gasteiger charge is -2.36. The maximum atomic E-state index is 12.1. The number of likely N-dealkylation sites (tertiary alicyclic amines) is 1. The first-order valence-electron chi connectivity index (χ1n) is 9.51. The van der Waals surface area contributed by atoms with E-state index in [2.05, 4.69) is 23.4 Å². The molecular formula is C20H31ClN2O3S. The van der Waals surface area contributed by atoms with Crippen molar-refractivity contribution in [3.05, 3.63) is 28.8 Å². The molecule has 1 N–H and O–H groups in total. The maximum absolute atomic E-state index is 12.1. The number of ether oxygens (including phenoxy) is 2. The van der Waals surface area contributed by atoms with Crippen molar-refractivity contribution in [2.24, 2.45) is 0 Å². The van der Waals surface area contributed by atoms with Gasteiger partial charge in [0.05, 0.1) is 11.6 Å². The number of nitrogens with zero attached hydrogens (tertiary/aromatic N) is 1. The van der Waals surface area contributed by atoms with Gasteiger partial charge in [-0.05, 0) is 56.4 Å². The zero-order valence-corrected chi connectivity index (χ0v) is 18.1. The topological polar surface area (TPSA) is 50.8 Å². The molecule has 1 amide bonds. The Morgan fingerprint density at radius 2 is 2.15 bits per heavy atom. The lowest BCUT2D eigenvalue weighted by atomic mass is 10.0. The average Bonchev–Trinajstić information content (AvgIpc) is 2.68. The molecule has 27 heavy (non-hydrogen) atoms. The number of amides is 1. The van der Waals surface area contributed by atoms with Gasteiger partial charge in [0.2, 0.25) is 0 Å². The van der Waals surface area contributed by atoms with E-state index < -0.39 is 0 Å². The Balaban J connectivity index is 1.83. The second-order valence-electron chi connectivity index (χ2n) is 6.88. The Hall–Kier alpha value is -0.950. The van der Waals surface area contributed by atoms with Crippen molar-refractivity contribution in [2.45, 2.75) is 38.3 Å². The normalized spacial score (nSPS) is 16.9. The first-order chi connectivity index (χ1) is 13.0. The first-order valence-corrected chi connectivity index (χ1v) is 11.3. The van der Waals surface area contributed by atoms with Crippen LogP contribution in [-0.4, -0.2) is 68.3 Å². The number of carbonyl (C=O) groups excluding carboxylic acids is 1. The number of carbonyl (C=O) groups is 1. The van der Waals surface area contributed by atoms with Crippen LogP contribution in [0.2, 0.25) is 5.02 Å². The number of halogens is 1. The highest BCUT2D eigenvalue weighted by atomic mass is 35.5. The molecule has 0 aliphatic carbocycles. The number of hydrogen-bond donors (Lipinski definition) is 1. The number of hydrogen-bond acceptors (Lipinski definition) is 5. The lowest BCUT2D eigenvalue weighted by molar-refractivity contribution is 0.0791. The molecule has 2 rings (SSSR count). The largest absolute Gasteiger partial charge is 0.489 e. The van der Waals surface area contributed by atoms with Gasteiger partial charge in [-0.1, -0.05) is 11.6 Å². The zero-order valence-electron chi connectivity index (χ0n) is 16.5. The smallest absolute Gasteiger partial charge is 0.251 e. The molecule has 0 bridgehead atoms. The summed E-state index contributed by atoms with van der Waals surface area (Å²) in [5, 5.41) is 3.26. The molecule has 1 unspecified atom stereocenters. The summed E-state index contributed by atoms with van der Waals surface area (Å²) in [5.74, 6) is 1.70. The molecule has 0 aromatic heterocycles. The number of nitrogens with one attached hydrogen (secondary N) is 1. The molecule has 1 aromatic rings. The second kappa shape index (κ2) is 11.8. The molecule has 0 radical (unpaired) electrons. The predicted molar refractivity (Wildman–Crippen MR) is 113 cm³/mol. The molecule has 0 saturated carbocycles. The highest BCUT2D eigenvalue weighted by Gasteiger charge is 2.24. The molecule has 1 aromatic carbocycles. The van der Waals surface area contributed by atoms with Gasteiger partial charge in [-0.25, -0.2) is 0 Å². The summed E-state index contributed by atoms with van der Waals surface area (Å²) < 4.78 is 11.0. The number of rotatable bonds is 10. The minimum absolute atomic E-state index is 0.159. The summed E-state index contributed by atoms with van der Waals surface area (Å²) in [6.07, 6.45) is 5.56. The van der Waals surface area contributed by atoms with Crippen LogP contribution in [-0.2, 0) is 4.74 Å². The van der Waals surface area contributed by atoms with Crippen LogP contribution in [0.5, 0.6) is 5.75 Å². The molecule has 7 heteroatoms. The van der Waals surface area contributed by atoms with Crippen LogP contribution in [0, 0.1) is 0 Å². The van der Waals surface area contributed by atoms with Gasteiger partial charge in [-0.3, -0.25) is 4.79 Å². The number of piperidine rings is 1. The van der Waals surface area contributed by atoms with E-state index in [4.69, 9.17) is 21.1 Å². The summed E-state index contributed by atoms with van der Waals surface area (Å²) in [6, 6.07) is 5.83. The number of benzene rings is 1. The minimum Gasteiger partial charge on any atom is -0.489 e. The zero-order chi connectivity index (χ0) is 19.6. The van der Waals surface area contributed by atoms with Gasteiger partial charge < -0.3 is 19.7 Å². The van der Waals surface area contributed by atoms with E-state index in [0.717, 1.165) is 25.9 Å². The predicted octanol–water partition coefficient (Wildman–Crippen LogP) is 3.70. The van der Waals surface area contributed by atoms with E-state index in [9.17, 15) is 4.79 Å². The molecule has 1 aliphatic rings. The first kappa shape index (κ1) is 22.3. The molecule has 0 spiro atoms. The summed E-state index contributed by atoms with van der Waals surface area (Å²) in [4.78, 5) is 14.6. The minimum atomic E-state index is -0.159. The highest BCUT2D eigenvalue weighted by Crippen LogP contribution is 2.29. The third kappa shape index (κ3) is 7.18. The van der Waals surface area contributed by atoms with Crippen LogP contribution in [0.1, 0.15) is 36.5 Å². The van der Waals surface area contributed by atoms with Crippen molar-refractivity contribution in [1.82, 2.24) is 10.2 Å². The fraction of sp³-hybridized carbons (Fsp3) is 0.650. The van der Waals surface area contributed by atoms with Gasteiger partial charge in [0.1, 0.15) is 11.9 Å². The quantitative estimate of drug-likeness (QED) is 0.591. The molecule has 5 nitrogen and oxygen atoms in total. The van der Waals surface area contributed by atoms with E-state index >= 15 is 0 Å². The van der Waals surface area contributed by atoms with E-state index in [1.807, 2.05) is 11.8 Å². The summed E-state index contributed by atoms with van der Waals surface area (Å²) >= 11 is 8.25. The van der Waals surface area contributed by atoms with Crippen molar-refractivity contribution in [2.75, 3.05) is 45.4 Å². The van der Waals surface area contributed by atoms with E-state index in [-0.39, 0.29) is 12.0 Å². The summed E-state index contributed by atoms with van der Waals surface area (Å²) in [6.45, 7) is 5.37. The Morgan fingerprint density at radius 1 is 1.41 bits per heavy atom. The second-order valence-corrected chi connectivity index (χ2v) is 8.27. The van der Waals surface area contributed by atoms with Crippen LogP contribution in [0.25, 0.3) is 0 Å². The van der Waals surface area contributed by atoms with Gasteiger partial charge in [0.15, 0.2) is 0 Å². The van der Waals surface area contributed by atoms with E-state index in [0.29, 0.717) is 35.5 Å². The Bertz CT molecular complexity index is 595. The summed E-state index contributed by atoms with van der Waals surface area (Å²) in [7, 11) is 1.60. The SMILES string of the molecule is COCCNC(=O)c1ccc(OC2CCN(C(C)CCSC)CC2)c(Cl)c1. The van der Waals surface area contributed by atoms with Crippen LogP contribution >= 0.6 is 23.4 Å². The van der Waals surface area contributed by atoms with Crippen molar-refractivity contribution >= 4 is 29.3 Å². The fourth-order valence-electron chi connectivity index (χ4n) is 3.19. The molecule has 1 aliphatic heterocycles. The van der Waals surface area contributed by atoms with Gasteiger partial charge in [0.25, 0.3) is 5.91 Å². The standard InChI is InChI=1S/C20H31ClN2O3S/c1-15(8-13-27-3)23-10-6-17(7-11-23)26-19-5-4-16(14-18(19)21)20(24)22-9-12-25-2/h4-5,14-15,17H,6-13H2,1-3H3,(H,22,24). The third-order valence-corrected chi connectivity index (χ3v) is 5.86. The van der Waals surface area contributed by atoms with Crippen LogP contribution in [0.15, 0.2) is 18.2 Å². The van der Waals surface area contributed by atoms with Crippen LogP contribution < -0.4 is 10.1 Å². The third-order valence-electron chi connectivity index (χ3n) is 4.92. The lowest BCUT2D eigenvalue weighted by Crippen LogP contribution is -2.43. The van der Waals surface area contributed by atoms with Crippen molar-refractivity contribution < 1.29 is 14.3 Å². The van der Waals surface area contributed by atoms with Crippen LogP contribution in [0.3, 0.4) is 0 Å². The van der Waals surface area contributed by atoms with Crippen molar-refractivity contribution in [1.29, 1.82) is 0 Å². The highest BCUT2D eigenvalue weighted by molar-refractivity contribution is 7.98. The van der Waals surface area contributed by atoms with E-state index in [1.54, 1.807) is 25.3 Å². The number of thioether (sulfide) groups is 1. The molecule has 1 heterocycles. The Labute approximate surface area is 172 Å². The molecule has 1 atom stereocenters. The molecule has 152 valence electrons. The molecule has 1 saturated heterocycles. The summed E-state index contributed by atoms with van der Waals surface area (Å²) in [5.41, 5.74) is 0.529. The van der Waals surface area contributed by atoms with Gasteiger partial charge in [-0.15, -0.1) is 0 Å². The van der Waals surface area contributed by atoms with Gasteiger partial charge in [0, 0.05) is 38.3 Å². The Morgan fingerprint density at radius 3 is 2.78 bits per heavy atom. The van der Waals surface area contributed by atoms with E-state index in [1.165, 1.54) is 12.2 Å². The van der Waals surface area contributed by atoms with Gasteiger partial charge in [-0.2, -0.15) is 11.8 Å². The average molecular weight is 415 g/mol. The van der Waals surface area contributed by atoms with Crippen LogP contribution in [0.4, 0.5) is 0 Å². The molecule has 1 fully saturated rings. The van der Waals surface area contributed by atoms with Crippen molar-refractivity contribution in [3.63, 3.8) is 0 Å². The maximum Gasteiger partial charge on any atom is 0.251 e. The number of methoxy groups -OCH3 is 1.